The van der Waals surface area contributed by atoms with E-state index in [0.717, 1.165) is 10.9 Å². The molecule has 292 valence electrons. The number of benzene rings is 1. The number of carbonyl (C=O) groups excluding carboxylic acids is 2. The first-order valence-corrected chi connectivity index (χ1v) is 18.4. The van der Waals surface area contributed by atoms with Gasteiger partial charge < -0.3 is 25.0 Å². The minimum atomic E-state index is -4.78. The second-order valence-electron chi connectivity index (χ2n) is 13.2. The van der Waals surface area contributed by atoms with Crippen molar-refractivity contribution in [3.63, 3.8) is 0 Å². The number of aliphatic hydroxyl groups is 2. The summed E-state index contributed by atoms with van der Waals surface area (Å²) in [5, 5.41) is 26.2. The number of amides is 2. The number of fused-ring (bicyclic) bond motifs is 2. The van der Waals surface area contributed by atoms with E-state index in [1.54, 1.807) is 51.1 Å². The first kappa shape index (κ1) is 38.0. The van der Waals surface area contributed by atoms with Crippen molar-refractivity contribution in [3.8, 4) is 0 Å². The lowest BCUT2D eigenvalue weighted by atomic mass is 10.0. The molecular formula is C32H36FN11O10S. The van der Waals surface area contributed by atoms with Gasteiger partial charge in [0, 0.05) is 23.9 Å². The fourth-order valence-corrected chi connectivity index (χ4v) is 7.21. The van der Waals surface area contributed by atoms with Gasteiger partial charge in [0.2, 0.25) is 11.9 Å². The zero-order valence-electron chi connectivity index (χ0n) is 29.3. The zero-order chi connectivity index (χ0) is 39.2. The molecule has 0 saturated carbocycles. The molecule has 2 saturated heterocycles. The van der Waals surface area contributed by atoms with Crippen LogP contribution in [0.15, 0.2) is 54.1 Å². The van der Waals surface area contributed by atoms with Gasteiger partial charge in [-0.05, 0) is 12.1 Å². The molecule has 2 fully saturated rings. The van der Waals surface area contributed by atoms with Crippen LogP contribution in [0.4, 0.5) is 16.2 Å². The number of aromatic nitrogens is 8. The standard InChI is InChI=1S/C32H36FN11O10S/c1-14(2)27(47)41-32-40-26-21(29(49)42-32)37-13-44(26)31-19(33)23(18(10-45)53-31)54-55(50,51)38-9-17-22(46)15(3)30(52-17)43-12-36-20-24(34-11-35-25(20)43)39-28(48)16-7-5-4-6-8-16/h4-8,11-15,17-19,22-23,30-31,38,45-46H,9-10H2,1-3H3,(H,34,35,39,48)(H2,40,41,42,47,49)/t15-,17-,18-,19-,22+,23-,30-,31-/m1/s1. The van der Waals surface area contributed by atoms with Crippen molar-refractivity contribution in [2.75, 3.05) is 23.8 Å². The summed E-state index contributed by atoms with van der Waals surface area (Å²) < 4.78 is 63.8. The number of ether oxygens (including phenoxy) is 2. The molecule has 8 atom stereocenters. The maximum Gasteiger partial charge on any atom is 0.336 e. The summed E-state index contributed by atoms with van der Waals surface area (Å²) in [5.74, 6) is -2.03. The Kier molecular flexibility index (Phi) is 10.4. The molecule has 0 radical (unpaired) electrons. The van der Waals surface area contributed by atoms with Crippen LogP contribution in [0.2, 0.25) is 0 Å². The molecule has 23 heteroatoms. The maximum absolute atomic E-state index is 16.0. The number of aliphatic hydroxyl groups excluding tert-OH is 2. The highest BCUT2D eigenvalue weighted by atomic mass is 32.2. The van der Waals surface area contributed by atoms with E-state index < -0.39 is 95.7 Å². The number of carbonyl (C=O) groups is 2. The van der Waals surface area contributed by atoms with Crippen LogP contribution in [0.25, 0.3) is 22.3 Å². The summed E-state index contributed by atoms with van der Waals surface area (Å²) in [6, 6.07) is 8.49. The summed E-state index contributed by atoms with van der Waals surface area (Å²) in [6.07, 6.45) is -6.79. The Morgan fingerprint density at radius 1 is 1.00 bits per heavy atom. The van der Waals surface area contributed by atoms with Crippen LogP contribution in [0, 0.1) is 11.8 Å². The van der Waals surface area contributed by atoms with E-state index in [4.69, 9.17) is 13.7 Å². The number of imidazole rings is 2. The van der Waals surface area contributed by atoms with Crippen LogP contribution < -0.4 is 20.9 Å². The number of nitrogens with one attached hydrogen (secondary N) is 4. The summed E-state index contributed by atoms with van der Waals surface area (Å²) >= 11 is 0. The third-order valence-electron chi connectivity index (χ3n) is 9.20. The fourth-order valence-electron chi connectivity index (χ4n) is 6.25. The number of halogens is 1. The molecule has 2 aliphatic heterocycles. The van der Waals surface area contributed by atoms with Crippen LogP contribution in [0.1, 0.15) is 43.6 Å². The van der Waals surface area contributed by atoms with E-state index in [1.807, 2.05) is 0 Å². The lowest BCUT2D eigenvalue weighted by molar-refractivity contribution is -0.118. The average Bonchev–Trinajstić information content (AvgIpc) is 3.92. The first-order chi connectivity index (χ1) is 26.3. The van der Waals surface area contributed by atoms with Crippen molar-refractivity contribution in [1.29, 1.82) is 0 Å². The second kappa shape index (κ2) is 15.1. The molecule has 1 aromatic carbocycles. The molecule has 0 unspecified atom stereocenters. The third-order valence-corrected chi connectivity index (χ3v) is 10.2. The molecule has 6 N–H and O–H groups in total. The molecule has 0 spiro atoms. The summed E-state index contributed by atoms with van der Waals surface area (Å²) in [5.41, 5.74) is -0.224. The number of rotatable bonds is 12. The lowest BCUT2D eigenvalue weighted by Crippen LogP contribution is -2.43. The quantitative estimate of drug-likeness (QED) is 0.0982. The van der Waals surface area contributed by atoms with Gasteiger partial charge in [-0.3, -0.25) is 33.8 Å². The molecule has 5 aromatic rings. The van der Waals surface area contributed by atoms with Gasteiger partial charge in [-0.1, -0.05) is 39.0 Å². The van der Waals surface area contributed by atoms with E-state index in [9.17, 15) is 33.0 Å². The number of anilines is 2. The van der Waals surface area contributed by atoms with E-state index in [2.05, 4.69) is 45.3 Å². The van der Waals surface area contributed by atoms with E-state index >= 15 is 4.39 Å². The van der Waals surface area contributed by atoms with Crippen molar-refractivity contribution in [3.05, 3.63) is 65.2 Å². The minimum absolute atomic E-state index is 0.141. The number of H-pyrrole nitrogens is 1. The third kappa shape index (κ3) is 7.41. The molecule has 2 aliphatic rings. The van der Waals surface area contributed by atoms with Gasteiger partial charge >= 0.3 is 10.3 Å². The minimum Gasteiger partial charge on any atom is -0.394 e. The summed E-state index contributed by atoms with van der Waals surface area (Å²) in [4.78, 5) is 60.8. The van der Waals surface area contributed by atoms with Gasteiger partial charge in [-0.25, -0.2) is 28.5 Å². The van der Waals surface area contributed by atoms with Crippen molar-refractivity contribution < 1.29 is 46.3 Å². The number of hydrogen-bond acceptors (Lipinski definition) is 15. The molecule has 21 nitrogen and oxygen atoms in total. The number of aromatic amines is 1. The van der Waals surface area contributed by atoms with Crippen molar-refractivity contribution in [2.45, 2.75) is 63.8 Å². The van der Waals surface area contributed by atoms with Crippen LogP contribution >= 0.6 is 0 Å². The smallest absolute Gasteiger partial charge is 0.336 e. The molecule has 4 aromatic heterocycles. The normalized spacial score (nSPS) is 25.6. The Hall–Kier alpha value is -5.30. The van der Waals surface area contributed by atoms with Gasteiger partial charge in [0.1, 0.15) is 30.9 Å². The molecule has 7 rings (SSSR count). The highest BCUT2D eigenvalue weighted by Gasteiger charge is 2.50. The van der Waals surface area contributed by atoms with Crippen molar-refractivity contribution >= 4 is 56.2 Å². The number of nitrogens with zero attached hydrogens (tertiary/aromatic N) is 7. The van der Waals surface area contributed by atoms with E-state index in [0.29, 0.717) is 5.56 Å². The Bertz CT molecular complexity index is 2390. The maximum atomic E-state index is 16.0. The predicted octanol–water partition coefficient (Wildman–Crippen LogP) is 0.148. The molecular weight excluding hydrogens is 749 g/mol. The molecule has 0 aliphatic carbocycles. The Balaban J connectivity index is 1.02. The number of alkyl halides is 1. The van der Waals surface area contributed by atoms with E-state index in [1.165, 1.54) is 17.2 Å². The van der Waals surface area contributed by atoms with Gasteiger partial charge in [-0.2, -0.15) is 18.1 Å². The molecule has 2 amide bonds. The second-order valence-corrected chi connectivity index (χ2v) is 14.6. The van der Waals surface area contributed by atoms with Crippen LogP contribution in [0.3, 0.4) is 0 Å². The van der Waals surface area contributed by atoms with E-state index in [-0.39, 0.29) is 34.1 Å². The van der Waals surface area contributed by atoms with Gasteiger partial charge in [0.25, 0.3) is 11.5 Å². The Morgan fingerprint density at radius 2 is 1.69 bits per heavy atom. The highest BCUT2D eigenvalue weighted by Crippen LogP contribution is 2.38. The Labute approximate surface area is 310 Å². The largest absolute Gasteiger partial charge is 0.394 e. The van der Waals surface area contributed by atoms with Crippen LogP contribution in [-0.2, 0) is 28.8 Å². The monoisotopic (exact) mass is 785 g/mol. The summed E-state index contributed by atoms with van der Waals surface area (Å²) in [6.45, 7) is 3.56. The lowest BCUT2D eigenvalue weighted by Gasteiger charge is -2.20. The topological polar surface area (TPSA) is 280 Å². The SMILES string of the molecule is CC(C)C(=O)Nc1nc2c(ncn2[C@@H]2O[C@H](CO)[C@@H](OS(=O)(=O)NC[C@H]3O[C@@H](n4cnc5c(NC(=O)c6ccccc6)ncnc54)[C@H](C)[C@@H]3O)[C@H]2F)c(=O)[nH]1. The van der Waals surface area contributed by atoms with Crippen molar-refractivity contribution in [2.24, 2.45) is 11.8 Å². The van der Waals surface area contributed by atoms with Crippen molar-refractivity contribution in [1.82, 2.24) is 43.8 Å². The zero-order valence-corrected chi connectivity index (χ0v) is 30.1. The highest BCUT2D eigenvalue weighted by molar-refractivity contribution is 7.84. The van der Waals surface area contributed by atoms with Crippen LogP contribution in [0.5, 0.6) is 0 Å². The molecule has 0 bridgehead atoms. The fraction of sp³-hybridized carbons (Fsp3) is 0.438. The first-order valence-electron chi connectivity index (χ1n) is 17.0. The van der Waals surface area contributed by atoms with Gasteiger partial charge in [0.15, 0.2) is 40.5 Å². The Morgan fingerprint density at radius 3 is 2.40 bits per heavy atom. The average molecular weight is 786 g/mol. The van der Waals surface area contributed by atoms with Gasteiger partial charge in [0.05, 0.1) is 25.4 Å². The van der Waals surface area contributed by atoms with Crippen LogP contribution in [-0.4, -0.2) is 113 Å². The number of hydrogen-bond donors (Lipinski definition) is 6. The predicted molar refractivity (Wildman–Crippen MR) is 188 cm³/mol. The summed E-state index contributed by atoms with van der Waals surface area (Å²) in [7, 11) is -4.78. The molecule has 6 heterocycles. The molecule has 55 heavy (non-hydrogen) atoms. The van der Waals surface area contributed by atoms with Gasteiger partial charge in [-0.15, -0.1) is 0 Å².